The van der Waals surface area contributed by atoms with E-state index in [9.17, 15) is 0 Å². The van der Waals surface area contributed by atoms with Crippen LogP contribution in [0.5, 0.6) is 0 Å². The quantitative estimate of drug-likeness (QED) is 0.511. The lowest BCUT2D eigenvalue weighted by molar-refractivity contribution is 1.30. The second-order valence-corrected chi connectivity index (χ2v) is 3.52. The van der Waals surface area contributed by atoms with Gasteiger partial charge in [0.25, 0.3) is 0 Å². The van der Waals surface area contributed by atoms with E-state index in [1.54, 1.807) is 0 Å². The lowest BCUT2D eigenvalue weighted by atomic mass is 10.1. The molecule has 68 valence electrons. The van der Waals surface area contributed by atoms with Crippen LogP contribution in [0.15, 0.2) is 18.2 Å². The fraction of sp³-hybridized carbons (Fsp3) is 0.333. The molecular weight excluding hydrogens is 176 g/mol. The molecule has 0 atom stereocenters. The first-order valence-corrected chi connectivity index (χ1v) is 5.04. The molecule has 0 aliphatic rings. The van der Waals surface area contributed by atoms with Gasteiger partial charge >= 0.3 is 0 Å². The van der Waals surface area contributed by atoms with Crippen molar-refractivity contribution in [3.05, 3.63) is 34.9 Å². The molecule has 0 radical (unpaired) electrons. The van der Waals surface area contributed by atoms with E-state index in [0.717, 1.165) is 17.7 Å². The molecule has 0 spiro atoms. The van der Waals surface area contributed by atoms with E-state index in [4.69, 9.17) is 0 Å². The lowest BCUT2D eigenvalue weighted by Crippen LogP contribution is -1.82. The van der Waals surface area contributed by atoms with Crippen molar-refractivity contribution >= 4 is 12.6 Å². The van der Waals surface area contributed by atoms with Gasteiger partial charge in [-0.2, -0.15) is 12.6 Å². The molecule has 1 aromatic rings. The molecule has 0 aliphatic carbocycles. The summed E-state index contributed by atoms with van der Waals surface area (Å²) in [6.45, 7) is 4.22. The minimum Gasteiger partial charge on any atom is -0.178 e. The third kappa shape index (κ3) is 3.16. The summed E-state index contributed by atoms with van der Waals surface area (Å²) in [4.78, 5) is 0. The Morgan fingerprint density at radius 3 is 2.62 bits per heavy atom. The van der Waals surface area contributed by atoms with E-state index in [2.05, 4.69) is 56.5 Å². The lowest BCUT2D eigenvalue weighted by Gasteiger charge is -1.98. The maximum Gasteiger partial charge on any atom is 0.0248 e. The van der Waals surface area contributed by atoms with Crippen LogP contribution in [-0.2, 0) is 0 Å². The van der Waals surface area contributed by atoms with E-state index < -0.39 is 0 Å². The van der Waals surface area contributed by atoms with Gasteiger partial charge in [-0.25, -0.2) is 0 Å². The van der Waals surface area contributed by atoms with Gasteiger partial charge in [0, 0.05) is 17.7 Å². The predicted octanol–water partition coefficient (Wildman–Crippen LogP) is 2.97. The van der Waals surface area contributed by atoms with Gasteiger partial charge in [-0.1, -0.05) is 17.9 Å². The van der Waals surface area contributed by atoms with Gasteiger partial charge in [-0.3, -0.25) is 0 Å². The molecule has 0 bridgehead atoms. The van der Waals surface area contributed by atoms with Crippen molar-refractivity contribution in [2.75, 3.05) is 5.75 Å². The molecule has 0 unspecified atom stereocenters. The van der Waals surface area contributed by atoms with Crippen LogP contribution >= 0.6 is 12.6 Å². The zero-order chi connectivity index (χ0) is 9.68. The van der Waals surface area contributed by atoms with Crippen molar-refractivity contribution in [3.8, 4) is 11.8 Å². The molecule has 0 aromatic heterocycles. The maximum absolute atomic E-state index is 4.10. The van der Waals surface area contributed by atoms with E-state index in [1.165, 1.54) is 11.1 Å². The topological polar surface area (TPSA) is 0 Å². The number of hydrogen-bond donors (Lipinski definition) is 1. The van der Waals surface area contributed by atoms with Gasteiger partial charge in [0.2, 0.25) is 0 Å². The Morgan fingerprint density at radius 2 is 2.00 bits per heavy atom. The molecular formula is C12H14S. The summed E-state index contributed by atoms with van der Waals surface area (Å²) in [7, 11) is 0. The van der Waals surface area contributed by atoms with Crippen molar-refractivity contribution in [1.82, 2.24) is 0 Å². The van der Waals surface area contributed by atoms with Gasteiger partial charge in [0.1, 0.15) is 0 Å². The first kappa shape index (κ1) is 10.2. The van der Waals surface area contributed by atoms with Crippen LogP contribution in [0.3, 0.4) is 0 Å². The number of thiol groups is 1. The summed E-state index contributed by atoms with van der Waals surface area (Å²) >= 11 is 4.10. The molecule has 1 aromatic carbocycles. The monoisotopic (exact) mass is 190 g/mol. The molecule has 13 heavy (non-hydrogen) atoms. The fourth-order valence-corrected chi connectivity index (χ4v) is 1.15. The molecule has 0 amide bonds. The SMILES string of the molecule is Cc1ccc(C#CCCS)cc1C. The van der Waals surface area contributed by atoms with Gasteiger partial charge in [0.05, 0.1) is 0 Å². The largest absolute Gasteiger partial charge is 0.178 e. The smallest absolute Gasteiger partial charge is 0.0248 e. The Morgan fingerprint density at radius 1 is 1.23 bits per heavy atom. The molecule has 0 N–H and O–H groups in total. The summed E-state index contributed by atoms with van der Waals surface area (Å²) in [5.41, 5.74) is 3.72. The Kier molecular flexibility index (Phi) is 3.92. The highest BCUT2D eigenvalue weighted by atomic mass is 32.1. The molecule has 0 aliphatic heterocycles. The molecule has 0 heterocycles. The molecule has 0 nitrogen and oxygen atoms in total. The highest BCUT2D eigenvalue weighted by Gasteiger charge is 1.91. The Bertz CT molecular complexity index is 342. The predicted molar refractivity (Wildman–Crippen MR) is 61.3 cm³/mol. The molecule has 0 fully saturated rings. The zero-order valence-electron chi connectivity index (χ0n) is 8.09. The van der Waals surface area contributed by atoms with Crippen molar-refractivity contribution in [2.45, 2.75) is 20.3 Å². The molecule has 0 saturated heterocycles. The fourth-order valence-electron chi connectivity index (χ4n) is 1.04. The van der Waals surface area contributed by atoms with Gasteiger partial charge in [0.15, 0.2) is 0 Å². The summed E-state index contributed by atoms with van der Waals surface area (Å²) in [6.07, 6.45) is 0.857. The third-order valence-corrected chi connectivity index (χ3v) is 2.20. The normalized spacial score (nSPS) is 9.15. The first-order chi connectivity index (χ1) is 6.24. The van der Waals surface area contributed by atoms with Crippen molar-refractivity contribution in [3.63, 3.8) is 0 Å². The number of hydrogen-bond acceptors (Lipinski definition) is 1. The number of benzene rings is 1. The van der Waals surface area contributed by atoms with Crippen LogP contribution in [0.25, 0.3) is 0 Å². The molecule has 1 heteroatoms. The average Bonchev–Trinajstić information content (AvgIpc) is 2.12. The van der Waals surface area contributed by atoms with Gasteiger partial charge < -0.3 is 0 Å². The van der Waals surface area contributed by atoms with Crippen LogP contribution in [0.2, 0.25) is 0 Å². The highest BCUT2D eigenvalue weighted by Crippen LogP contribution is 2.08. The summed E-state index contributed by atoms with van der Waals surface area (Å²) < 4.78 is 0. The Hall–Kier alpha value is -0.870. The standard InChI is InChI=1S/C12H14S/c1-10-6-7-12(9-11(10)2)5-3-4-8-13/h6-7,9,13H,4,8H2,1-2H3. The van der Waals surface area contributed by atoms with Crippen molar-refractivity contribution in [1.29, 1.82) is 0 Å². The Labute approximate surface area is 85.8 Å². The van der Waals surface area contributed by atoms with E-state index in [0.29, 0.717) is 0 Å². The van der Waals surface area contributed by atoms with Crippen molar-refractivity contribution < 1.29 is 0 Å². The minimum atomic E-state index is 0.831. The third-order valence-electron chi connectivity index (χ3n) is 1.98. The summed E-state index contributed by atoms with van der Waals surface area (Å²) in [5.74, 6) is 7.02. The zero-order valence-corrected chi connectivity index (χ0v) is 8.99. The van der Waals surface area contributed by atoms with Crippen LogP contribution < -0.4 is 0 Å². The number of rotatable bonds is 1. The van der Waals surface area contributed by atoms with Gasteiger partial charge in [-0.15, -0.1) is 0 Å². The van der Waals surface area contributed by atoms with Crippen LogP contribution in [-0.4, -0.2) is 5.75 Å². The van der Waals surface area contributed by atoms with Gasteiger partial charge in [-0.05, 0) is 37.1 Å². The van der Waals surface area contributed by atoms with E-state index in [1.807, 2.05) is 0 Å². The van der Waals surface area contributed by atoms with Crippen LogP contribution in [0.1, 0.15) is 23.1 Å². The molecule has 0 saturated carbocycles. The first-order valence-electron chi connectivity index (χ1n) is 4.41. The van der Waals surface area contributed by atoms with Crippen LogP contribution in [0.4, 0.5) is 0 Å². The summed E-state index contributed by atoms with van der Waals surface area (Å²) in [6, 6.07) is 6.30. The summed E-state index contributed by atoms with van der Waals surface area (Å²) in [5, 5.41) is 0. The van der Waals surface area contributed by atoms with Crippen LogP contribution in [0, 0.1) is 25.7 Å². The molecule has 1 rings (SSSR count). The minimum absolute atomic E-state index is 0.831. The average molecular weight is 190 g/mol. The Balaban J connectivity index is 2.81. The second kappa shape index (κ2) is 4.99. The highest BCUT2D eigenvalue weighted by molar-refractivity contribution is 7.80. The van der Waals surface area contributed by atoms with Crippen molar-refractivity contribution in [2.24, 2.45) is 0 Å². The second-order valence-electron chi connectivity index (χ2n) is 3.07. The maximum atomic E-state index is 4.10. The number of aryl methyl sites for hydroxylation is 2. The van der Waals surface area contributed by atoms with E-state index in [-0.39, 0.29) is 0 Å². The van der Waals surface area contributed by atoms with E-state index >= 15 is 0 Å².